The lowest BCUT2D eigenvalue weighted by Gasteiger charge is -2.11. The minimum Gasteiger partial charge on any atom is -0.457 e. The SMILES string of the molecule is Cc1ccc(Oc2ccc(NCC(O)CCl)cc2)cc1C. The summed E-state index contributed by atoms with van der Waals surface area (Å²) < 4.78 is 5.82. The molecule has 0 fully saturated rings. The van der Waals surface area contributed by atoms with Gasteiger partial charge in [0.05, 0.1) is 12.0 Å². The molecule has 0 radical (unpaired) electrons. The standard InChI is InChI=1S/C17H20ClNO2/c1-12-3-6-17(9-13(12)2)21-16-7-4-14(5-8-16)19-11-15(20)10-18/h3-9,15,19-20H,10-11H2,1-2H3. The molecule has 1 atom stereocenters. The molecule has 2 N–H and O–H groups in total. The molecule has 0 heterocycles. The van der Waals surface area contributed by atoms with Crippen LogP contribution in [0.4, 0.5) is 5.69 Å². The Morgan fingerprint density at radius 1 is 1.05 bits per heavy atom. The molecule has 4 heteroatoms. The lowest BCUT2D eigenvalue weighted by molar-refractivity contribution is 0.211. The van der Waals surface area contributed by atoms with E-state index in [1.165, 1.54) is 11.1 Å². The summed E-state index contributed by atoms with van der Waals surface area (Å²) in [6, 6.07) is 13.7. The maximum absolute atomic E-state index is 9.40. The molecule has 2 rings (SSSR count). The summed E-state index contributed by atoms with van der Waals surface area (Å²) in [7, 11) is 0. The molecular weight excluding hydrogens is 286 g/mol. The Morgan fingerprint density at radius 3 is 2.33 bits per heavy atom. The van der Waals surface area contributed by atoms with Gasteiger partial charge in [0.15, 0.2) is 0 Å². The summed E-state index contributed by atoms with van der Waals surface area (Å²) in [5.41, 5.74) is 3.38. The van der Waals surface area contributed by atoms with Crippen LogP contribution < -0.4 is 10.1 Å². The Balaban J connectivity index is 1.97. The molecule has 0 aromatic heterocycles. The van der Waals surface area contributed by atoms with Crippen LogP contribution in [0.5, 0.6) is 11.5 Å². The second-order valence-corrected chi connectivity index (χ2v) is 5.37. The van der Waals surface area contributed by atoms with Gasteiger partial charge in [-0.3, -0.25) is 0 Å². The average molecular weight is 306 g/mol. The third-order valence-electron chi connectivity index (χ3n) is 3.29. The lowest BCUT2D eigenvalue weighted by Crippen LogP contribution is -2.20. The first kappa shape index (κ1) is 15.7. The highest BCUT2D eigenvalue weighted by atomic mass is 35.5. The summed E-state index contributed by atoms with van der Waals surface area (Å²) in [5, 5.41) is 12.5. The number of nitrogens with one attached hydrogen (secondary N) is 1. The van der Waals surface area contributed by atoms with Gasteiger partial charge in [0.2, 0.25) is 0 Å². The predicted octanol–water partition coefficient (Wildman–Crippen LogP) is 4.11. The molecule has 0 saturated carbocycles. The predicted molar refractivity (Wildman–Crippen MR) is 87.6 cm³/mol. The van der Waals surface area contributed by atoms with Crippen LogP contribution in [0, 0.1) is 13.8 Å². The van der Waals surface area contributed by atoms with Crippen LogP contribution in [0.15, 0.2) is 42.5 Å². The molecule has 0 aliphatic carbocycles. The Kier molecular flexibility index (Phi) is 5.48. The number of ether oxygens (including phenoxy) is 1. The van der Waals surface area contributed by atoms with Crippen LogP contribution in [0.25, 0.3) is 0 Å². The van der Waals surface area contributed by atoms with Crippen molar-refractivity contribution >= 4 is 17.3 Å². The van der Waals surface area contributed by atoms with Crippen LogP contribution in [0.1, 0.15) is 11.1 Å². The van der Waals surface area contributed by atoms with E-state index < -0.39 is 6.10 Å². The van der Waals surface area contributed by atoms with Gasteiger partial charge in [-0.2, -0.15) is 0 Å². The van der Waals surface area contributed by atoms with Gasteiger partial charge in [0.25, 0.3) is 0 Å². The van der Waals surface area contributed by atoms with Gasteiger partial charge in [-0.1, -0.05) is 6.07 Å². The number of aryl methyl sites for hydroxylation is 2. The normalized spacial score (nSPS) is 12.0. The van der Waals surface area contributed by atoms with E-state index in [0.29, 0.717) is 6.54 Å². The van der Waals surface area contributed by atoms with E-state index in [-0.39, 0.29) is 5.88 Å². The number of hydrogen-bond donors (Lipinski definition) is 2. The Hall–Kier alpha value is -1.71. The van der Waals surface area contributed by atoms with Crippen molar-refractivity contribution in [1.82, 2.24) is 0 Å². The van der Waals surface area contributed by atoms with Crippen molar-refractivity contribution in [2.45, 2.75) is 20.0 Å². The van der Waals surface area contributed by atoms with E-state index >= 15 is 0 Å². The van der Waals surface area contributed by atoms with E-state index in [1.54, 1.807) is 0 Å². The van der Waals surface area contributed by atoms with Crippen LogP contribution >= 0.6 is 11.6 Å². The molecule has 0 spiro atoms. The van der Waals surface area contributed by atoms with Crippen LogP contribution in [-0.2, 0) is 0 Å². The maximum atomic E-state index is 9.40. The first-order valence-electron chi connectivity index (χ1n) is 6.91. The summed E-state index contributed by atoms with van der Waals surface area (Å²) in [6.07, 6.45) is -0.543. The number of halogens is 1. The highest BCUT2D eigenvalue weighted by Gasteiger charge is 2.03. The van der Waals surface area contributed by atoms with Crippen molar-refractivity contribution < 1.29 is 9.84 Å². The minimum atomic E-state index is -0.543. The molecule has 1 unspecified atom stereocenters. The molecule has 3 nitrogen and oxygen atoms in total. The largest absolute Gasteiger partial charge is 0.457 e. The van der Waals surface area contributed by atoms with Crippen LogP contribution in [0.2, 0.25) is 0 Å². The molecular formula is C17H20ClNO2. The molecule has 0 aliphatic rings. The Labute approximate surface area is 130 Å². The van der Waals surface area contributed by atoms with E-state index in [9.17, 15) is 5.11 Å². The Bertz CT molecular complexity index is 584. The van der Waals surface area contributed by atoms with Gasteiger partial charge in [0, 0.05) is 12.2 Å². The zero-order valence-corrected chi connectivity index (χ0v) is 13.0. The number of rotatable bonds is 6. The minimum absolute atomic E-state index is 0.223. The van der Waals surface area contributed by atoms with E-state index in [1.807, 2.05) is 42.5 Å². The Morgan fingerprint density at radius 2 is 1.71 bits per heavy atom. The first-order valence-corrected chi connectivity index (χ1v) is 7.45. The highest BCUT2D eigenvalue weighted by Crippen LogP contribution is 2.24. The van der Waals surface area contributed by atoms with Gasteiger partial charge in [-0.25, -0.2) is 0 Å². The van der Waals surface area contributed by atoms with E-state index in [0.717, 1.165) is 17.2 Å². The smallest absolute Gasteiger partial charge is 0.127 e. The summed E-state index contributed by atoms with van der Waals surface area (Å²) >= 11 is 5.55. The van der Waals surface area contributed by atoms with Crippen molar-refractivity contribution in [2.75, 3.05) is 17.7 Å². The van der Waals surface area contributed by atoms with Crippen molar-refractivity contribution in [2.24, 2.45) is 0 Å². The number of hydrogen-bond acceptors (Lipinski definition) is 3. The quantitative estimate of drug-likeness (QED) is 0.789. The zero-order chi connectivity index (χ0) is 15.2. The molecule has 112 valence electrons. The van der Waals surface area contributed by atoms with E-state index in [4.69, 9.17) is 16.3 Å². The van der Waals surface area contributed by atoms with Gasteiger partial charge in [0.1, 0.15) is 11.5 Å². The topological polar surface area (TPSA) is 41.5 Å². The molecule has 0 amide bonds. The third kappa shape index (κ3) is 4.66. The molecule has 2 aromatic rings. The molecule has 2 aromatic carbocycles. The summed E-state index contributed by atoms with van der Waals surface area (Å²) in [6.45, 7) is 4.58. The lowest BCUT2D eigenvalue weighted by atomic mass is 10.1. The molecule has 0 aliphatic heterocycles. The summed E-state index contributed by atoms with van der Waals surface area (Å²) in [4.78, 5) is 0. The second kappa shape index (κ2) is 7.34. The second-order valence-electron chi connectivity index (χ2n) is 5.06. The highest BCUT2D eigenvalue weighted by molar-refractivity contribution is 6.18. The van der Waals surface area contributed by atoms with Crippen molar-refractivity contribution in [3.63, 3.8) is 0 Å². The molecule has 21 heavy (non-hydrogen) atoms. The fourth-order valence-corrected chi connectivity index (χ4v) is 1.95. The number of alkyl halides is 1. The molecule has 0 bridgehead atoms. The number of anilines is 1. The van der Waals surface area contributed by atoms with Crippen LogP contribution in [0.3, 0.4) is 0 Å². The maximum Gasteiger partial charge on any atom is 0.127 e. The van der Waals surface area contributed by atoms with Crippen molar-refractivity contribution in [3.8, 4) is 11.5 Å². The zero-order valence-electron chi connectivity index (χ0n) is 12.3. The van der Waals surface area contributed by atoms with Gasteiger partial charge in [-0.05, 0) is 61.4 Å². The fourth-order valence-electron chi connectivity index (χ4n) is 1.84. The third-order valence-corrected chi connectivity index (χ3v) is 3.64. The van der Waals surface area contributed by atoms with Gasteiger partial charge < -0.3 is 15.2 Å². The van der Waals surface area contributed by atoms with Crippen molar-refractivity contribution in [3.05, 3.63) is 53.6 Å². The first-order chi connectivity index (χ1) is 10.1. The van der Waals surface area contributed by atoms with Gasteiger partial charge >= 0.3 is 0 Å². The summed E-state index contributed by atoms with van der Waals surface area (Å²) in [5.74, 6) is 1.83. The van der Waals surface area contributed by atoms with Crippen LogP contribution in [-0.4, -0.2) is 23.6 Å². The number of aliphatic hydroxyl groups excluding tert-OH is 1. The fraction of sp³-hybridized carbons (Fsp3) is 0.294. The molecule has 0 saturated heterocycles. The number of benzene rings is 2. The van der Waals surface area contributed by atoms with E-state index in [2.05, 4.69) is 19.2 Å². The average Bonchev–Trinajstić information content (AvgIpc) is 2.50. The van der Waals surface area contributed by atoms with Gasteiger partial charge in [-0.15, -0.1) is 11.6 Å². The monoisotopic (exact) mass is 305 g/mol. The number of aliphatic hydroxyl groups is 1. The van der Waals surface area contributed by atoms with Crippen molar-refractivity contribution in [1.29, 1.82) is 0 Å².